The highest BCUT2D eigenvalue weighted by Gasteiger charge is 2.30. The second-order valence-corrected chi connectivity index (χ2v) is 6.08. The Kier molecular flexibility index (Phi) is 3.69. The van der Waals surface area contributed by atoms with Gasteiger partial charge in [0, 0.05) is 30.4 Å². The Balaban J connectivity index is 1.60. The van der Waals surface area contributed by atoms with Crippen LogP contribution in [-0.4, -0.2) is 34.0 Å². The Morgan fingerprint density at radius 3 is 2.61 bits per heavy atom. The molecule has 1 aromatic rings. The number of aromatic nitrogens is 2. The topological polar surface area (TPSA) is 31.9 Å². The third-order valence-electron chi connectivity index (χ3n) is 4.67. The Labute approximate surface area is 110 Å². The fraction of sp³-hybridized carbons (Fsp3) is 0.800. The van der Waals surface area contributed by atoms with Gasteiger partial charge < -0.3 is 4.98 Å². The van der Waals surface area contributed by atoms with Crippen molar-refractivity contribution in [2.24, 2.45) is 0 Å². The molecule has 0 aromatic carbocycles. The SMILES string of the molecule is Cc1cnc(C2CCN(C3CCCCCC3)C2)[nH]1. The van der Waals surface area contributed by atoms with E-state index in [1.54, 1.807) is 0 Å². The molecule has 2 fully saturated rings. The first kappa shape index (κ1) is 12.2. The molecule has 1 saturated carbocycles. The van der Waals surface area contributed by atoms with Crippen LogP contribution >= 0.6 is 0 Å². The summed E-state index contributed by atoms with van der Waals surface area (Å²) >= 11 is 0. The predicted molar refractivity (Wildman–Crippen MR) is 73.7 cm³/mol. The zero-order valence-corrected chi connectivity index (χ0v) is 11.5. The lowest BCUT2D eigenvalue weighted by Gasteiger charge is -2.26. The molecule has 1 aliphatic carbocycles. The zero-order chi connectivity index (χ0) is 12.4. The van der Waals surface area contributed by atoms with Crippen molar-refractivity contribution in [1.82, 2.24) is 14.9 Å². The van der Waals surface area contributed by atoms with E-state index in [0.717, 1.165) is 6.04 Å². The van der Waals surface area contributed by atoms with Crippen LogP contribution in [0.25, 0.3) is 0 Å². The lowest BCUT2D eigenvalue weighted by atomic mass is 10.1. The lowest BCUT2D eigenvalue weighted by molar-refractivity contribution is 0.218. The van der Waals surface area contributed by atoms with Gasteiger partial charge in [-0.3, -0.25) is 4.90 Å². The van der Waals surface area contributed by atoms with E-state index in [0.29, 0.717) is 5.92 Å². The van der Waals surface area contributed by atoms with E-state index in [2.05, 4.69) is 21.8 Å². The molecule has 1 aromatic heterocycles. The summed E-state index contributed by atoms with van der Waals surface area (Å²) in [6.45, 7) is 4.58. The Hall–Kier alpha value is -0.830. The molecular formula is C15H25N3. The summed E-state index contributed by atoms with van der Waals surface area (Å²) in [6.07, 6.45) is 11.9. The van der Waals surface area contributed by atoms with Gasteiger partial charge in [-0.1, -0.05) is 25.7 Å². The molecule has 100 valence electrons. The number of hydrogen-bond acceptors (Lipinski definition) is 2. The molecule has 0 amide bonds. The van der Waals surface area contributed by atoms with E-state index >= 15 is 0 Å². The van der Waals surface area contributed by atoms with Crippen molar-refractivity contribution in [3.05, 3.63) is 17.7 Å². The molecule has 2 heterocycles. The third kappa shape index (κ3) is 2.61. The molecular weight excluding hydrogens is 222 g/mol. The monoisotopic (exact) mass is 247 g/mol. The molecule has 3 nitrogen and oxygen atoms in total. The second-order valence-electron chi connectivity index (χ2n) is 6.08. The number of likely N-dealkylation sites (tertiary alicyclic amines) is 1. The number of H-pyrrole nitrogens is 1. The zero-order valence-electron chi connectivity index (χ0n) is 11.5. The van der Waals surface area contributed by atoms with Crippen LogP contribution in [0.3, 0.4) is 0 Å². The van der Waals surface area contributed by atoms with Crippen LogP contribution in [0.15, 0.2) is 6.20 Å². The van der Waals surface area contributed by atoms with Crippen LogP contribution in [0.5, 0.6) is 0 Å². The maximum absolute atomic E-state index is 4.51. The molecule has 1 N–H and O–H groups in total. The molecule has 0 spiro atoms. The van der Waals surface area contributed by atoms with Crippen LogP contribution in [-0.2, 0) is 0 Å². The van der Waals surface area contributed by atoms with Gasteiger partial charge in [-0.25, -0.2) is 4.98 Å². The summed E-state index contributed by atoms with van der Waals surface area (Å²) in [6, 6.07) is 0.855. The summed E-state index contributed by atoms with van der Waals surface area (Å²) in [7, 11) is 0. The highest BCUT2D eigenvalue weighted by molar-refractivity contribution is 5.07. The van der Waals surface area contributed by atoms with E-state index in [-0.39, 0.29) is 0 Å². The van der Waals surface area contributed by atoms with E-state index in [4.69, 9.17) is 0 Å². The maximum Gasteiger partial charge on any atom is 0.110 e. The quantitative estimate of drug-likeness (QED) is 0.814. The fourth-order valence-corrected chi connectivity index (χ4v) is 3.61. The van der Waals surface area contributed by atoms with Crippen LogP contribution < -0.4 is 0 Å². The first-order chi connectivity index (χ1) is 8.83. The minimum atomic E-state index is 0.641. The van der Waals surface area contributed by atoms with E-state index < -0.39 is 0 Å². The Morgan fingerprint density at radius 2 is 1.94 bits per heavy atom. The summed E-state index contributed by atoms with van der Waals surface area (Å²) in [5.41, 5.74) is 1.19. The van der Waals surface area contributed by atoms with Gasteiger partial charge >= 0.3 is 0 Å². The third-order valence-corrected chi connectivity index (χ3v) is 4.67. The van der Waals surface area contributed by atoms with Crippen LogP contribution in [0, 0.1) is 6.92 Å². The number of nitrogens with one attached hydrogen (secondary N) is 1. The van der Waals surface area contributed by atoms with Gasteiger partial charge in [-0.05, 0) is 32.7 Å². The van der Waals surface area contributed by atoms with E-state index in [1.807, 2.05) is 6.20 Å². The van der Waals surface area contributed by atoms with E-state index in [1.165, 1.54) is 69.6 Å². The van der Waals surface area contributed by atoms with Crippen molar-refractivity contribution >= 4 is 0 Å². The van der Waals surface area contributed by atoms with Crippen molar-refractivity contribution in [2.45, 2.75) is 63.8 Å². The standard InChI is InChI=1S/C15H25N3/c1-12-10-16-15(17-12)13-8-9-18(11-13)14-6-4-2-3-5-7-14/h10,13-14H,2-9,11H2,1H3,(H,16,17). The highest BCUT2D eigenvalue weighted by Crippen LogP contribution is 2.30. The summed E-state index contributed by atoms with van der Waals surface area (Å²) in [4.78, 5) is 10.7. The van der Waals surface area contributed by atoms with Crippen LogP contribution in [0.2, 0.25) is 0 Å². The van der Waals surface area contributed by atoms with Gasteiger partial charge in [0.25, 0.3) is 0 Å². The summed E-state index contributed by atoms with van der Waals surface area (Å²) < 4.78 is 0. The molecule has 2 aliphatic rings. The van der Waals surface area contributed by atoms with Gasteiger partial charge in [0.1, 0.15) is 5.82 Å². The number of imidazole rings is 1. The second kappa shape index (κ2) is 5.43. The molecule has 1 aliphatic heterocycles. The molecule has 1 unspecified atom stereocenters. The first-order valence-electron chi connectivity index (χ1n) is 7.58. The number of hydrogen-bond donors (Lipinski definition) is 1. The predicted octanol–water partition coefficient (Wildman–Crippen LogP) is 3.23. The fourth-order valence-electron chi connectivity index (χ4n) is 3.61. The van der Waals surface area contributed by atoms with Crippen molar-refractivity contribution in [2.75, 3.05) is 13.1 Å². The van der Waals surface area contributed by atoms with E-state index in [9.17, 15) is 0 Å². The normalized spacial score (nSPS) is 27.5. The van der Waals surface area contributed by atoms with Gasteiger partial charge in [0.2, 0.25) is 0 Å². The van der Waals surface area contributed by atoms with Gasteiger partial charge in [0.15, 0.2) is 0 Å². The molecule has 0 radical (unpaired) electrons. The molecule has 3 rings (SSSR count). The first-order valence-corrected chi connectivity index (χ1v) is 7.58. The average molecular weight is 247 g/mol. The van der Waals surface area contributed by atoms with Crippen molar-refractivity contribution in [3.8, 4) is 0 Å². The number of aromatic amines is 1. The number of nitrogens with zero attached hydrogens (tertiary/aromatic N) is 2. The maximum atomic E-state index is 4.51. The molecule has 3 heteroatoms. The highest BCUT2D eigenvalue weighted by atomic mass is 15.2. The van der Waals surface area contributed by atoms with Crippen LogP contribution in [0.4, 0.5) is 0 Å². The van der Waals surface area contributed by atoms with Crippen molar-refractivity contribution < 1.29 is 0 Å². The Bertz CT molecular complexity index is 377. The number of rotatable bonds is 2. The van der Waals surface area contributed by atoms with Gasteiger partial charge in [-0.2, -0.15) is 0 Å². The number of aryl methyl sites for hydroxylation is 1. The summed E-state index contributed by atoms with van der Waals surface area (Å²) in [5, 5.41) is 0. The molecule has 1 saturated heterocycles. The van der Waals surface area contributed by atoms with Crippen molar-refractivity contribution in [1.29, 1.82) is 0 Å². The Morgan fingerprint density at radius 1 is 1.17 bits per heavy atom. The minimum Gasteiger partial charge on any atom is -0.346 e. The van der Waals surface area contributed by atoms with Crippen molar-refractivity contribution in [3.63, 3.8) is 0 Å². The molecule has 1 atom stereocenters. The van der Waals surface area contributed by atoms with Gasteiger partial charge in [-0.15, -0.1) is 0 Å². The minimum absolute atomic E-state index is 0.641. The van der Waals surface area contributed by atoms with Gasteiger partial charge in [0.05, 0.1) is 0 Å². The molecule has 18 heavy (non-hydrogen) atoms. The smallest absolute Gasteiger partial charge is 0.110 e. The largest absolute Gasteiger partial charge is 0.346 e. The lowest BCUT2D eigenvalue weighted by Crippen LogP contribution is -2.32. The molecule has 0 bridgehead atoms. The van der Waals surface area contributed by atoms with Crippen LogP contribution in [0.1, 0.15) is 62.4 Å². The summed E-state index contributed by atoms with van der Waals surface area (Å²) in [5.74, 6) is 1.85. The average Bonchev–Trinajstić information content (AvgIpc) is 2.92.